The number of urea groups is 1. The van der Waals surface area contributed by atoms with Gasteiger partial charge in [-0.1, -0.05) is 58.5 Å². The number of hydrogen-bond donors (Lipinski definition) is 1. The molecule has 1 N–H and O–H groups in total. The van der Waals surface area contributed by atoms with E-state index in [0.29, 0.717) is 61.6 Å². The van der Waals surface area contributed by atoms with Crippen molar-refractivity contribution in [3.63, 3.8) is 0 Å². The molecule has 2 heterocycles. The molecule has 3 amide bonds. The summed E-state index contributed by atoms with van der Waals surface area (Å²) < 4.78 is 11.6. The summed E-state index contributed by atoms with van der Waals surface area (Å²) in [6.07, 6.45) is -0.176. The van der Waals surface area contributed by atoms with Gasteiger partial charge in [0, 0.05) is 19.2 Å². The molecule has 1 saturated heterocycles. The number of hydrogen-bond acceptors (Lipinski definition) is 5. The molecular weight excluding hydrogens is 622 g/mol. The number of methoxy groups -OCH3 is 1. The standard InChI is InChI=1S/C30H28Cl4N4O4/c1-16(2)42-25-14-19(41-3)6-7-20(25)29-36-27(17-4-8-21(31)23(33)12-17)28(18-5-9-22(32)24(34)13-18)38(29)30(40)37-11-10-35-26(39)15-37/h4-9,12-14,16,27-28H,10-11,15H2,1-3H3,(H,35,39). The number of halogens is 4. The second kappa shape index (κ2) is 12.6. The maximum atomic E-state index is 14.4. The van der Waals surface area contributed by atoms with Gasteiger partial charge in [0.1, 0.15) is 29.9 Å². The summed E-state index contributed by atoms with van der Waals surface area (Å²) in [5.41, 5.74) is 1.99. The van der Waals surface area contributed by atoms with Crippen LogP contribution in [0.1, 0.15) is 42.6 Å². The molecule has 1 fully saturated rings. The molecule has 0 spiro atoms. The van der Waals surface area contributed by atoms with Crippen molar-refractivity contribution in [1.82, 2.24) is 15.1 Å². The third-order valence-electron chi connectivity index (χ3n) is 6.94. The molecule has 12 heteroatoms. The van der Waals surface area contributed by atoms with Gasteiger partial charge in [0.2, 0.25) is 5.91 Å². The molecular formula is C30H28Cl4N4O4. The van der Waals surface area contributed by atoms with E-state index in [2.05, 4.69) is 5.32 Å². The van der Waals surface area contributed by atoms with Crippen LogP contribution in [0.5, 0.6) is 11.5 Å². The van der Waals surface area contributed by atoms with Gasteiger partial charge in [-0.15, -0.1) is 0 Å². The van der Waals surface area contributed by atoms with E-state index >= 15 is 0 Å². The number of carbonyl (C=O) groups is 2. The summed E-state index contributed by atoms with van der Waals surface area (Å²) in [6.45, 7) is 4.39. The van der Waals surface area contributed by atoms with Crippen molar-refractivity contribution >= 4 is 64.2 Å². The lowest BCUT2D eigenvalue weighted by molar-refractivity contribution is -0.123. The fourth-order valence-corrected chi connectivity index (χ4v) is 5.66. The normalized spacial score (nSPS) is 18.7. The maximum Gasteiger partial charge on any atom is 0.326 e. The number of carbonyl (C=O) groups excluding carboxylic acids is 2. The number of piperazine rings is 1. The largest absolute Gasteiger partial charge is 0.497 e. The van der Waals surface area contributed by atoms with E-state index in [1.165, 1.54) is 4.90 Å². The van der Waals surface area contributed by atoms with Gasteiger partial charge < -0.3 is 19.7 Å². The van der Waals surface area contributed by atoms with Crippen molar-refractivity contribution in [2.45, 2.75) is 32.0 Å². The van der Waals surface area contributed by atoms with E-state index in [-0.39, 0.29) is 18.6 Å². The molecule has 3 aromatic rings. The molecule has 2 aliphatic heterocycles. The monoisotopic (exact) mass is 648 g/mol. The minimum Gasteiger partial charge on any atom is -0.497 e. The molecule has 2 atom stereocenters. The van der Waals surface area contributed by atoms with Gasteiger partial charge >= 0.3 is 6.03 Å². The van der Waals surface area contributed by atoms with Crippen LogP contribution < -0.4 is 14.8 Å². The van der Waals surface area contributed by atoms with Crippen LogP contribution in [0.15, 0.2) is 59.6 Å². The Labute approximate surface area is 264 Å². The van der Waals surface area contributed by atoms with E-state index < -0.39 is 18.1 Å². The molecule has 0 bridgehead atoms. The maximum absolute atomic E-state index is 14.4. The molecule has 0 saturated carbocycles. The third-order valence-corrected chi connectivity index (χ3v) is 8.42. The summed E-state index contributed by atoms with van der Waals surface area (Å²) in [6, 6.07) is 14.1. The average Bonchev–Trinajstić information content (AvgIpc) is 3.35. The van der Waals surface area contributed by atoms with Crippen LogP contribution in [-0.4, -0.2) is 60.4 Å². The quantitative estimate of drug-likeness (QED) is 0.306. The first kappa shape index (κ1) is 30.3. The average molecular weight is 650 g/mol. The lowest BCUT2D eigenvalue weighted by Crippen LogP contribution is -2.55. The van der Waals surface area contributed by atoms with Crippen LogP contribution in [0.4, 0.5) is 4.79 Å². The van der Waals surface area contributed by atoms with Gasteiger partial charge in [0.15, 0.2) is 0 Å². The SMILES string of the molecule is COc1ccc(C2=NC(c3ccc(Cl)c(Cl)c3)C(c3ccc(Cl)c(Cl)c3)N2C(=O)N2CCNC(=O)C2)c(OC(C)C)c1. The molecule has 2 aliphatic rings. The highest BCUT2D eigenvalue weighted by atomic mass is 35.5. The van der Waals surface area contributed by atoms with E-state index in [0.717, 1.165) is 5.56 Å². The predicted octanol–water partition coefficient (Wildman–Crippen LogP) is 7.19. The molecule has 0 aliphatic carbocycles. The second-order valence-corrected chi connectivity index (χ2v) is 11.8. The number of benzene rings is 3. The zero-order valence-electron chi connectivity index (χ0n) is 23.0. The molecule has 8 nitrogen and oxygen atoms in total. The number of amides is 3. The second-order valence-electron chi connectivity index (χ2n) is 10.1. The number of amidine groups is 1. The van der Waals surface area contributed by atoms with Crippen LogP contribution in [-0.2, 0) is 4.79 Å². The Morgan fingerprint density at radius 2 is 1.62 bits per heavy atom. The zero-order chi connectivity index (χ0) is 30.1. The Kier molecular flexibility index (Phi) is 9.08. The van der Waals surface area contributed by atoms with E-state index in [1.807, 2.05) is 32.0 Å². The van der Waals surface area contributed by atoms with Crippen molar-refractivity contribution in [2.75, 3.05) is 26.7 Å². The van der Waals surface area contributed by atoms with Gasteiger partial charge in [0.05, 0.1) is 44.9 Å². The van der Waals surface area contributed by atoms with Crippen molar-refractivity contribution in [3.05, 3.63) is 91.4 Å². The number of rotatable bonds is 6. The van der Waals surface area contributed by atoms with Crippen LogP contribution in [0, 0.1) is 0 Å². The van der Waals surface area contributed by atoms with Crippen LogP contribution >= 0.6 is 46.4 Å². The lowest BCUT2D eigenvalue weighted by atomic mass is 9.93. The third kappa shape index (κ3) is 6.13. The summed E-state index contributed by atoms with van der Waals surface area (Å²) >= 11 is 25.5. The van der Waals surface area contributed by atoms with Crippen molar-refractivity contribution < 1.29 is 19.1 Å². The van der Waals surface area contributed by atoms with E-state index in [1.54, 1.807) is 48.4 Å². The number of aliphatic imine (C=N–C) groups is 1. The number of nitrogens with zero attached hydrogens (tertiary/aromatic N) is 3. The van der Waals surface area contributed by atoms with Gasteiger partial charge in [-0.05, 0) is 61.4 Å². The van der Waals surface area contributed by atoms with Crippen LogP contribution in [0.25, 0.3) is 0 Å². The Balaban J connectivity index is 1.74. The predicted molar refractivity (Wildman–Crippen MR) is 166 cm³/mol. The van der Waals surface area contributed by atoms with Gasteiger partial charge in [0.25, 0.3) is 0 Å². The first-order valence-corrected chi connectivity index (χ1v) is 14.8. The summed E-state index contributed by atoms with van der Waals surface area (Å²) in [5, 5.41) is 4.22. The first-order chi connectivity index (χ1) is 20.1. The smallest absolute Gasteiger partial charge is 0.326 e. The molecule has 5 rings (SSSR count). The van der Waals surface area contributed by atoms with Crippen molar-refractivity contribution in [3.8, 4) is 11.5 Å². The zero-order valence-corrected chi connectivity index (χ0v) is 26.1. The van der Waals surface area contributed by atoms with Gasteiger partial charge in [-0.25, -0.2) is 4.79 Å². The lowest BCUT2D eigenvalue weighted by Gasteiger charge is -2.36. The summed E-state index contributed by atoms with van der Waals surface area (Å²) in [5.74, 6) is 1.18. The number of ether oxygens (including phenoxy) is 2. The topological polar surface area (TPSA) is 83.5 Å². The highest BCUT2D eigenvalue weighted by molar-refractivity contribution is 6.42. The molecule has 0 radical (unpaired) electrons. The highest BCUT2D eigenvalue weighted by Crippen LogP contribution is 2.47. The molecule has 0 aromatic heterocycles. The summed E-state index contributed by atoms with van der Waals surface area (Å²) in [4.78, 5) is 35.0. The number of nitrogens with one attached hydrogen (secondary N) is 1. The Bertz CT molecular complexity index is 1560. The fourth-order valence-electron chi connectivity index (χ4n) is 5.05. The minimum absolute atomic E-state index is 0.0912. The molecule has 220 valence electrons. The fraction of sp³-hybridized carbons (Fsp3) is 0.300. The van der Waals surface area contributed by atoms with E-state index in [9.17, 15) is 9.59 Å². The Hall–Kier alpha value is -3.17. The Morgan fingerprint density at radius 3 is 2.24 bits per heavy atom. The summed E-state index contributed by atoms with van der Waals surface area (Å²) in [7, 11) is 1.57. The first-order valence-electron chi connectivity index (χ1n) is 13.2. The molecule has 3 aromatic carbocycles. The Morgan fingerprint density at radius 1 is 0.952 bits per heavy atom. The highest BCUT2D eigenvalue weighted by Gasteiger charge is 2.45. The molecule has 2 unspecified atom stereocenters. The molecule has 42 heavy (non-hydrogen) atoms. The van der Waals surface area contributed by atoms with E-state index in [4.69, 9.17) is 60.9 Å². The van der Waals surface area contributed by atoms with Crippen LogP contribution in [0.2, 0.25) is 20.1 Å². The van der Waals surface area contributed by atoms with Gasteiger partial charge in [-0.3, -0.25) is 14.7 Å². The van der Waals surface area contributed by atoms with Crippen molar-refractivity contribution in [1.29, 1.82) is 0 Å². The van der Waals surface area contributed by atoms with Gasteiger partial charge in [-0.2, -0.15) is 0 Å². The van der Waals surface area contributed by atoms with Crippen LogP contribution in [0.3, 0.4) is 0 Å². The van der Waals surface area contributed by atoms with Crippen molar-refractivity contribution in [2.24, 2.45) is 4.99 Å². The minimum atomic E-state index is -0.682.